The highest BCUT2D eigenvalue weighted by atomic mass is 32.2. The van der Waals surface area contributed by atoms with Crippen LogP contribution in [0, 0.1) is 0 Å². The van der Waals surface area contributed by atoms with Crippen molar-refractivity contribution < 1.29 is 33.1 Å². The number of fused-ring (bicyclic) bond motifs is 1. The van der Waals surface area contributed by atoms with Crippen LogP contribution in [-0.4, -0.2) is 83.6 Å². The van der Waals surface area contributed by atoms with Gasteiger partial charge in [0.05, 0.1) is 31.2 Å². The molecular formula is C35H44N3O6S+. The van der Waals surface area contributed by atoms with E-state index in [0.717, 1.165) is 35.9 Å². The van der Waals surface area contributed by atoms with Crippen molar-refractivity contribution in [3.05, 3.63) is 71.8 Å². The Hall–Kier alpha value is -3.08. The summed E-state index contributed by atoms with van der Waals surface area (Å²) in [6, 6.07) is 20.0. The van der Waals surface area contributed by atoms with Gasteiger partial charge in [-0.25, -0.2) is 9.59 Å². The molecule has 5 saturated heterocycles. The molecule has 2 aromatic carbocycles. The number of hydrogen-bond donors (Lipinski definition) is 2. The second kappa shape index (κ2) is 13.0. The number of ether oxygens (including phenoxy) is 3. The second-order valence-corrected chi connectivity index (χ2v) is 14.6. The van der Waals surface area contributed by atoms with Crippen molar-refractivity contribution in [3.63, 3.8) is 0 Å². The van der Waals surface area contributed by atoms with Crippen molar-refractivity contribution in [2.45, 2.75) is 98.9 Å². The predicted octanol–water partition coefficient (Wildman–Crippen LogP) is 4.63. The van der Waals surface area contributed by atoms with Gasteiger partial charge in [-0.05, 0) is 24.0 Å². The third-order valence-electron chi connectivity index (χ3n) is 11.0. The highest BCUT2D eigenvalue weighted by Crippen LogP contribution is 2.49. The number of benzene rings is 2. The summed E-state index contributed by atoms with van der Waals surface area (Å²) in [5, 5.41) is 6.34. The van der Waals surface area contributed by atoms with E-state index in [9.17, 15) is 14.4 Å². The van der Waals surface area contributed by atoms with Crippen molar-refractivity contribution in [2.75, 3.05) is 25.6 Å². The maximum Gasteiger partial charge on any atom is 0.348 e. The smallest absolute Gasteiger partial charge is 0.348 e. The van der Waals surface area contributed by atoms with Crippen LogP contribution in [0.15, 0.2) is 60.7 Å². The largest absolute Gasteiger partial charge is 0.453 e. The van der Waals surface area contributed by atoms with E-state index in [2.05, 4.69) is 10.6 Å². The number of urea groups is 1. The summed E-state index contributed by atoms with van der Waals surface area (Å²) in [6.45, 7) is 2.01. The molecule has 9 nitrogen and oxygen atoms in total. The van der Waals surface area contributed by atoms with E-state index in [1.807, 2.05) is 72.4 Å². The van der Waals surface area contributed by atoms with E-state index in [-0.39, 0.29) is 43.4 Å². The summed E-state index contributed by atoms with van der Waals surface area (Å²) in [5.41, 5.74) is -0.283. The minimum absolute atomic E-state index is 0.0859. The molecule has 2 aromatic rings. The molecule has 0 aromatic heterocycles. The Morgan fingerprint density at radius 1 is 0.933 bits per heavy atom. The topological polar surface area (TPSA) is 103 Å². The standard InChI is InChI=1S/C35H43N3O6S/c39-31(16-8-7-15-30-32-27(22-45-30)36-34(41)37-32)42-23-43-35(24-11-3-1-4-12-24,25-13-5-2-6-14-25)33(40)44-29-21-26-17-18-28(29)38(26)19-9-10-20-38/h1-6,11-14,26-30,32H,7-10,15-23H2,(H-,36,37,41)/p+1/t26?,27-,28?,29?,30-,32-/m0/s1. The van der Waals surface area contributed by atoms with Gasteiger partial charge < -0.3 is 29.3 Å². The van der Waals surface area contributed by atoms with Crippen LogP contribution in [0.2, 0.25) is 0 Å². The predicted molar refractivity (Wildman–Crippen MR) is 170 cm³/mol. The highest BCUT2D eigenvalue weighted by molar-refractivity contribution is 8.00. The van der Waals surface area contributed by atoms with Gasteiger partial charge in [0, 0.05) is 49.5 Å². The first-order valence-corrected chi connectivity index (χ1v) is 17.7. The molecule has 5 fully saturated rings. The zero-order valence-corrected chi connectivity index (χ0v) is 26.6. The Morgan fingerprint density at radius 3 is 2.36 bits per heavy atom. The Labute approximate surface area is 269 Å². The van der Waals surface area contributed by atoms with Gasteiger partial charge in [0.2, 0.25) is 5.60 Å². The fourth-order valence-electron chi connectivity index (χ4n) is 8.87. The molecule has 0 saturated carbocycles. The molecule has 6 atom stereocenters. The third-order valence-corrected chi connectivity index (χ3v) is 12.5. The molecular weight excluding hydrogens is 590 g/mol. The van der Waals surface area contributed by atoms with Crippen LogP contribution >= 0.6 is 11.8 Å². The normalized spacial score (nSPS) is 29.4. The Kier molecular flexibility index (Phi) is 8.81. The molecule has 10 heteroatoms. The summed E-state index contributed by atoms with van der Waals surface area (Å²) < 4.78 is 19.6. The summed E-state index contributed by atoms with van der Waals surface area (Å²) in [7, 11) is 0. The molecule has 45 heavy (non-hydrogen) atoms. The molecule has 240 valence electrons. The fraction of sp³-hybridized carbons (Fsp3) is 0.571. The minimum Gasteiger partial charge on any atom is -0.453 e. The molecule has 0 aliphatic carbocycles. The minimum atomic E-state index is -1.57. The van der Waals surface area contributed by atoms with Crippen molar-refractivity contribution in [1.29, 1.82) is 0 Å². The van der Waals surface area contributed by atoms with Crippen molar-refractivity contribution in [1.82, 2.24) is 10.6 Å². The van der Waals surface area contributed by atoms with Gasteiger partial charge in [-0.15, -0.1) is 0 Å². The second-order valence-electron chi connectivity index (χ2n) is 13.3. The van der Waals surface area contributed by atoms with E-state index < -0.39 is 11.6 Å². The molecule has 1 spiro atoms. The lowest BCUT2D eigenvalue weighted by Crippen LogP contribution is -2.52. The van der Waals surface area contributed by atoms with E-state index in [4.69, 9.17) is 14.2 Å². The maximum atomic E-state index is 14.5. The van der Waals surface area contributed by atoms with Gasteiger partial charge in [-0.3, -0.25) is 4.79 Å². The number of unbranched alkanes of at least 4 members (excludes halogenated alkanes) is 1. The molecule has 0 radical (unpaired) electrons. The quantitative estimate of drug-likeness (QED) is 0.115. The maximum absolute atomic E-state index is 14.5. The van der Waals surface area contributed by atoms with E-state index >= 15 is 0 Å². The average Bonchev–Trinajstić information content (AvgIpc) is 3.89. The molecule has 2 bridgehead atoms. The van der Waals surface area contributed by atoms with Gasteiger partial charge in [0.1, 0.15) is 6.04 Å². The molecule has 5 aliphatic rings. The van der Waals surface area contributed by atoms with Gasteiger partial charge >= 0.3 is 18.0 Å². The van der Waals surface area contributed by atoms with Crippen molar-refractivity contribution in [3.8, 4) is 0 Å². The fourth-order valence-corrected chi connectivity index (χ4v) is 10.4. The first-order valence-electron chi connectivity index (χ1n) is 16.7. The molecule has 5 aliphatic heterocycles. The van der Waals surface area contributed by atoms with Crippen LogP contribution in [0.4, 0.5) is 4.79 Å². The van der Waals surface area contributed by atoms with Crippen LogP contribution in [0.1, 0.15) is 68.9 Å². The van der Waals surface area contributed by atoms with E-state index in [0.29, 0.717) is 34.9 Å². The molecule has 7 rings (SSSR count). The number of carbonyl (C=O) groups is 3. The summed E-state index contributed by atoms with van der Waals surface area (Å²) >= 11 is 1.87. The summed E-state index contributed by atoms with van der Waals surface area (Å²) in [6.07, 6.45) is 8.29. The number of esters is 2. The van der Waals surface area contributed by atoms with Crippen LogP contribution < -0.4 is 10.6 Å². The first-order chi connectivity index (χ1) is 22.0. The Morgan fingerprint density at radius 2 is 1.64 bits per heavy atom. The highest BCUT2D eigenvalue weighted by Gasteiger charge is 2.62. The van der Waals surface area contributed by atoms with Gasteiger partial charge in [0.25, 0.3) is 0 Å². The van der Waals surface area contributed by atoms with Crippen LogP contribution in [0.3, 0.4) is 0 Å². The third kappa shape index (κ3) is 5.74. The molecule has 2 N–H and O–H groups in total. The summed E-state index contributed by atoms with van der Waals surface area (Å²) in [5.74, 6) is 0.106. The zero-order chi connectivity index (χ0) is 30.9. The number of hydrogen-bond acceptors (Lipinski definition) is 7. The van der Waals surface area contributed by atoms with Crippen LogP contribution in [0.25, 0.3) is 0 Å². The Balaban J connectivity index is 1.01. The lowest BCUT2D eigenvalue weighted by molar-refractivity contribution is -0.938. The van der Waals surface area contributed by atoms with E-state index in [1.165, 1.54) is 32.4 Å². The first kappa shape index (κ1) is 30.6. The zero-order valence-electron chi connectivity index (χ0n) is 25.7. The number of nitrogens with one attached hydrogen (secondary N) is 2. The lowest BCUT2D eigenvalue weighted by Gasteiger charge is -2.36. The average molecular weight is 635 g/mol. The van der Waals surface area contributed by atoms with Crippen LogP contribution in [-0.2, 0) is 29.4 Å². The monoisotopic (exact) mass is 634 g/mol. The molecule has 2 amide bonds. The molecule has 3 unspecified atom stereocenters. The SMILES string of the molecule is O=C1N[C@H]2[C@H](CS[C@H]2CCCCC(=O)OCOC(C(=O)OC2CC3CCC2[N+]32CCCC2)(c2ccccc2)c2ccccc2)N1. The number of rotatable bonds is 12. The van der Waals surface area contributed by atoms with Crippen molar-refractivity contribution in [2.24, 2.45) is 0 Å². The molecule has 5 heterocycles. The number of carbonyl (C=O) groups excluding carboxylic acids is 3. The number of quaternary nitrogens is 1. The lowest BCUT2D eigenvalue weighted by atomic mass is 9.85. The number of thioether (sulfide) groups is 1. The Bertz CT molecular complexity index is 1330. The van der Waals surface area contributed by atoms with E-state index in [1.54, 1.807) is 0 Å². The van der Waals surface area contributed by atoms with Crippen LogP contribution in [0.5, 0.6) is 0 Å². The number of amides is 2. The van der Waals surface area contributed by atoms with Gasteiger partial charge in [-0.2, -0.15) is 11.8 Å². The number of nitrogens with zero attached hydrogens (tertiary/aromatic N) is 1. The van der Waals surface area contributed by atoms with Crippen molar-refractivity contribution >= 4 is 29.7 Å². The van der Waals surface area contributed by atoms with Gasteiger partial charge in [-0.1, -0.05) is 67.1 Å². The van der Waals surface area contributed by atoms with Gasteiger partial charge in [0.15, 0.2) is 12.9 Å². The summed E-state index contributed by atoms with van der Waals surface area (Å²) in [4.78, 5) is 38.9.